The lowest BCUT2D eigenvalue weighted by molar-refractivity contribution is 0.179. The molecule has 2 N–H and O–H groups in total. The molecule has 2 aromatic rings. The molecule has 0 bridgehead atoms. The zero-order chi connectivity index (χ0) is 13.2. The number of fused-ring (bicyclic) bond motifs is 1. The molecular formula is C14H20Cl2N4. The molecule has 2 aromatic heterocycles. The highest BCUT2D eigenvalue weighted by atomic mass is 35.5. The van der Waals surface area contributed by atoms with Crippen LogP contribution in [0.3, 0.4) is 0 Å². The number of rotatable bonds is 3. The van der Waals surface area contributed by atoms with Crippen LogP contribution in [0.25, 0.3) is 5.65 Å². The largest absolute Gasteiger partial charge is 0.330 e. The molecule has 0 saturated carbocycles. The van der Waals surface area contributed by atoms with Crippen LogP contribution in [0.15, 0.2) is 24.5 Å². The lowest BCUT2D eigenvalue weighted by atomic mass is 9.97. The highest BCUT2D eigenvalue weighted by Crippen LogP contribution is 2.18. The highest BCUT2D eigenvalue weighted by molar-refractivity contribution is 6.30. The zero-order valence-electron chi connectivity index (χ0n) is 11.3. The van der Waals surface area contributed by atoms with Crippen molar-refractivity contribution in [3.8, 4) is 0 Å². The highest BCUT2D eigenvalue weighted by Gasteiger charge is 2.18. The summed E-state index contributed by atoms with van der Waals surface area (Å²) in [6, 6.07) is 3.83. The van der Waals surface area contributed by atoms with Crippen molar-refractivity contribution < 1.29 is 0 Å². The first-order chi connectivity index (χ1) is 9.24. The molecule has 1 saturated heterocycles. The van der Waals surface area contributed by atoms with E-state index in [1.54, 1.807) is 0 Å². The number of nitrogens with two attached hydrogens (primary N) is 1. The van der Waals surface area contributed by atoms with Crippen LogP contribution < -0.4 is 5.73 Å². The van der Waals surface area contributed by atoms with E-state index in [0.29, 0.717) is 5.92 Å². The molecule has 0 atom stereocenters. The number of nitrogens with zero attached hydrogens (tertiary/aromatic N) is 3. The minimum atomic E-state index is 0. The average Bonchev–Trinajstić information content (AvgIpc) is 2.81. The second-order valence-electron chi connectivity index (χ2n) is 5.30. The van der Waals surface area contributed by atoms with E-state index in [2.05, 4.69) is 16.1 Å². The first-order valence-corrected chi connectivity index (χ1v) is 7.18. The standard InChI is InChI=1S/C14H19ClN4.ClH/c15-12-1-2-14-17-13(10-19(14)8-12)9-18-5-3-11(7-16)4-6-18;/h1-2,8,10-11H,3-7,9,16H2;1H. The Hall–Kier alpha value is -0.810. The van der Waals surface area contributed by atoms with E-state index in [0.717, 1.165) is 42.5 Å². The molecule has 3 heterocycles. The van der Waals surface area contributed by atoms with Crippen molar-refractivity contribution in [3.63, 3.8) is 0 Å². The van der Waals surface area contributed by atoms with Crippen molar-refractivity contribution in [1.82, 2.24) is 14.3 Å². The third kappa shape index (κ3) is 3.44. The molecule has 0 aromatic carbocycles. The Morgan fingerprint density at radius 3 is 2.70 bits per heavy atom. The van der Waals surface area contributed by atoms with Gasteiger partial charge in [-0.2, -0.15) is 0 Å². The summed E-state index contributed by atoms with van der Waals surface area (Å²) in [6.07, 6.45) is 6.37. The van der Waals surface area contributed by atoms with Crippen molar-refractivity contribution in [2.75, 3.05) is 19.6 Å². The van der Waals surface area contributed by atoms with Crippen molar-refractivity contribution in [3.05, 3.63) is 35.2 Å². The number of imidazole rings is 1. The molecule has 0 amide bonds. The summed E-state index contributed by atoms with van der Waals surface area (Å²) in [5.74, 6) is 0.705. The summed E-state index contributed by atoms with van der Waals surface area (Å²) in [5.41, 5.74) is 7.78. The minimum Gasteiger partial charge on any atom is -0.330 e. The molecular weight excluding hydrogens is 295 g/mol. The third-order valence-electron chi connectivity index (χ3n) is 3.89. The van der Waals surface area contributed by atoms with E-state index < -0.39 is 0 Å². The summed E-state index contributed by atoms with van der Waals surface area (Å²) in [6.45, 7) is 3.98. The quantitative estimate of drug-likeness (QED) is 0.947. The molecule has 1 fully saturated rings. The number of likely N-dealkylation sites (tertiary alicyclic amines) is 1. The third-order valence-corrected chi connectivity index (χ3v) is 4.11. The Morgan fingerprint density at radius 1 is 1.25 bits per heavy atom. The number of halogens is 2. The molecule has 0 aliphatic carbocycles. The summed E-state index contributed by atoms with van der Waals surface area (Å²) < 4.78 is 1.99. The van der Waals surface area contributed by atoms with Gasteiger partial charge in [0.2, 0.25) is 0 Å². The monoisotopic (exact) mass is 314 g/mol. The SMILES string of the molecule is Cl.NCC1CCN(Cc2cn3cc(Cl)ccc3n2)CC1. The van der Waals surface area contributed by atoms with Crippen LogP contribution in [-0.4, -0.2) is 33.9 Å². The van der Waals surface area contributed by atoms with Crippen LogP contribution in [0.5, 0.6) is 0 Å². The maximum atomic E-state index is 5.98. The average molecular weight is 315 g/mol. The Morgan fingerprint density at radius 2 is 2.00 bits per heavy atom. The van der Waals surface area contributed by atoms with E-state index >= 15 is 0 Å². The molecule has 3 rings (SSSR count). The molecule has 1 aliphatic rings. The van der Waals surface area contributed by atoms with Crippen LogP contribution in [-0.2, 0) is 6.54 Å². The van der Waals surface area contributed by atoms with Crippen LogP contribution in [0.4, 0.5) is 0 Å². The Balaban J connectivity index is 0.00000147. The van der Waals surface area contributed by atoms with Gasteiger partial charge in [-0.3, -0.25) is 4.90 Å². The maximum Gasteiger partial charge on any atom is 0.137 e. The van der Waals surface area contributed by atoms with Crippen molar-refractivity contribution in [2.24, 2.45) is 11.7 Å². The summed E-state index contributed by atoms with van der Waals surface area (Å²) in [7, 11) is 0. The number of aromatic nitrogens is 2. The number of pyridine rings is 1. The molecule has 0 spiro atoms. The second kappa shape index (κ2) is 6.76. The van der Waals surface area contributed by atoms with Crippen LogP contribution in [0.2, 0.25) is 5.02 Å². The van der Waals surface area contributed by atoms with E-state index in [4.69, 9.17) is 17.3 Å². The van der Waals surface area contributed by atoms with E-state index in [1.165, 1.54) is 12.8 Å². The normalized spacial score (nSPS) is 17.3. The van der Waals surface area contributed by atoms with Crippen molar-refractivity contribution in [1.29, 1.82) is 0 Å². The van der Waals surface area contributed by atoms with Gasteiger partial charge in [0.05, 0.1) is 10.7 Å². The summed E-state index contributed by atoms with van der Waals surface area (Å²) >= 11 is 5.98. The fourth-order valence-corrected chi connectivity index (χ4v) is 2.87. The summed E-state index contributed by atoms with van der Waals surface area (Å²) in [4.78, 5) is 7.08. The van der Waals surface area contributed by atoms with E-state index in [1.807, 2.05) is 22.7 Å². The smallest absolute Gasteiger partial charge is 0.137 e. The Kier molecular flexibility index (Phi) is 5.27. The molecule has 6 heteroatoms. The number of hydrogen-bond donors (Lipinski definition) is 1. The Bertz CT molecular complexity index is 561. The lowest BCUT2D eigenvalue weighted by Gasteiger charge is -2.30. The van der Waals surface area contributed by atoms with Gasteiger partial charge in [0, 0.05) is 18.9 Å². The Labute approximate surface area is 130 Å². The fraction of sp³-hybridized carbons (Fsp3) is 0.500. The van der Waals surface area contributed by atoms with Gasteiger partial charge in [-0.1, -0.05) is 11.6 Å². The molecule has 20 heavy (non-hydrogen) atoms. The van der Waals surface area contributed by atoms with Gasteiger partial charge in [0.25, 0.3) is 0 Å². The van der Waals surface area contributed by atoms with Gasteiger partial charge in [0.1, 0.15) is 5.65 Å². The van der Waals surface area contributed by atoms with Crippen molar-refractivity contribution >= 4 is 29.7 Å². The van der Waals surface area contributed by atoms with Gasteiger partial charge in [0.15, 0.2) is 0 Å². The molecule has 0 radical (unpaired) electrons. The van der Waals surface area contributed by atoms with Gasteiger partial charge in [-0.25, -0.2) is 4.98 Å². The van der Waals surface area contributed by atoms with Crippen LogP contribution in [0, 0.1) is 5.92 Å². The van der Waals surface area contributed by atoms with Gasteiger partial charge >= 0.3 is 0 Å². The first-order valence-electron chi connectivity index (χ1n) is 6.80. The molecule has 1 aliphatic heterocycles. The molecule has 4 nitrogen and oxygen atoms in total. The predicted octanol–water partition coefficient (Wildman–Crippen LogP) is 2.58. The topological polar surface area (TPSA) is 46.6 Å². The van der Waals surface area contributed by atoms with Gasteiger partial charge in [-0.05, 0) is 50.5 Å². The van der Waals surface area contributed by atoms with E-state index in [-0.39, 0.29) is 12.4 Å². The minimum absolute atomic E-state index is 0. The van der Waals surface area contributed by atoms with Gasteiger partial charge < -0.3 is 10.1 Å². The number of hydrogen-bond acceptors (Lipinski definition) is 3. The predicted molar refractivity (Wildman–Crippen MR) is 84.5 cm³/mol. The van der Waals surface area contributed by atoms with Crippen LogP contribution in [0.1, 0.15) is 18.5 Å². The maximum absolute atomic E-state index is 5.98. The van der Waals surface area contributed by atoms with Crippen molar-refractivity contribution in [2.45, 2.75) is 19.4 Å². The molecule has 110 valence electrons. The zero-order valence-corrected chi connectivity index (χ0v) is 12.9. The fourth-order valence-electron chi connectivity index (χ4n) is 2.70. The van der Waals surface area contributed by atoms with Gasteiger partial charge in [-0.15, -0.1) is 12.4 Å². The van der Waals surface area contributed by atoms with E-state index in [9.17, 15) is 0 Å². The lowest BCUT2D eigenvalue weighted by Crippen LogP contribution is -2.35. The summed E-state index contributed by atoms with van der Waals surface area (Å²) in [5, 5.41) is 0.736. The first kappa shape index (κ1) is 15.6. The van der Waals surface area contributed by atoms with Crippen LogP contribution >= 0.6 is 24.0 Å². The molecule has 0 unspecified atom stereocenters. The second-order valence-corrected chi connectivity index (χ2v) is 5.74. The number of piperidine rings is 1.